The van der Waals surface area contributed by atoms with Gasteiger partial charge in [-0.2, -0.15) is 5.26 Å². The van der Waals surface area contributed by atoms with Crippen molar-refractivity contribution in [2.75, 3.05) is 12.4 Å². The maximum atomic E-state index is 8.82. The van der Waals surface area contributed by atoms with Gasteiger partial charge < -0.3 is 10.1 Å². The second-order valence-electron chi connectivity index (χ2n) is 4.15. The van der Waals surface area contributed by atoms with Gasteiger partial charge in [0.1, 0.15) is 0 Å². The zero-order valence-electron chi connectivity index (χ0n) is 9.44. The van der Waals surface area contributed by atoms with Gasteiger partial charge in [0, 0.05) is 12.8 Å². The quantitative estimate of drug-likeness (QED) is 0.844. The molecule has 0 radical (unpaired) electrons. The van der Waals surface area contributed by atoms with E-state index in [-0.39, 0.29) is 0 Å². The van der Waals surface area contributed by atoms with Gasteiger partial charge in [0.2, 0.25) is 0 Å². The van der Waals surface area contributed by atoms with Crippen molar-refractivity contribution >= 4 is 5.69 Å². The first-order chi connectivity index (χ1) is 7.83. The molecular weight excluding hydrogens is 200 g/mol. The van der Waals surface area contributed by atoms with Crippen LogP contribution in [-0.2, 0) is 4.74 Å². The molecule has 1 N–H and O–H groups in total. The minimum atomic E-state index is 0.297. The number of nitrogens with zero attached hydrogens (tertiary/aromatic N) is 1. The van der Waals surface area contributed by atoms with Gasteiger partial charge >= 0.3 is 0 Å². The molecule has 2 atom stereocenters. The van der Waals surface area contributed by atoms with Crippen LogP contribution in [0.3, 0.4) is 0 Å². The third kappa shape index (κ3) is 2.34. The summed E-state index contributed by atoms with van der Waals surface area (Å²) in [6.45, 7) is 0. The standard InChI is InChI=1S/C13H16N2O/c1-16-13-7-3-6-12(13)15-11-5-2-4-10(8-11)9-14/h2,4-5,8,12-13,15H,3,6-7H2,1H3. The Hall–Kier alpha value is -1.53. The van der Waals surface area contributed by atoms with Crippen LogP contribution in [0, 0.1) is 11.3 Å². The zero-order chi connectivity index (χ0) is 11.4. The van der Waals surface area contributed by atoms with Gasteiger partial charge in [0.25, 0.3) is 0 Å². The van der Waals surface area contributed by atoms with Crippen LogP contribution in [0.2, 0.25) is 0 Å². The molecule has 0 saturated heterocycles. The van der Waals surface area contributed by atoms with Crippen LogP contribution in [0.4, 0.5) is 5.69 Å². The van der Waals surface area contributed by atoms with Gasteiger partial charge in [-0.05, 0) is 37.5 Å². The van der Waals surface area contributed by atoms with Crippen molar-refractivity contribution in [2.24, 2.45) is 0 Å². The fraction of sp³-hybridized carbons (Fsp3) is 0.462. The Labute approximate surface area is 96.0 Å². The van der Waals surface area contributed by atoms with Crippen molar-refractivity contribution in [3.8, 4) is 6.07 Å². The van der Waals surface area contributed by atoms with Crippen LogP contribution in [0.25, 0.3) is 0 Å². The molecule has 16 heavy (non-hydrogen) atoms. The monoisotopic (exact) mass is 216 g/mol. The summed E-state index contributed by atoms with van der Waals surface area (Å²) in [5.74, 6) is 0. The highest BCUT2D eigenvalue weighted by atomic mass is 16.5. The molecule has 0 heterocycles. The lowest BCUT2D eigenvalue weighted by Crippen LogP contribution is -2.29. The lowest BCUT2D eigenvalue weighted by atomic mass is 10.1. The van der Waals surface area contributed by atoms with E-state index >= 15 is 0 Å². The van der Waals surface area contributed by atoms with E-state index in [2.05, 4.69) is 11.4 Å². The lowest BCUT2D eigenvalue weighted by molar-refractivity contribution is 0.101. The Balaban J connectivity index is 2.06. The molecule has 0 spiro atoms. The first kappa shape index (κ1) is 11.0. The molecule has 3 heteroatoms. The van der Waals surface area contributed by atoms with E-state index in [9.17, 15) is 0 Å². The maximum absolute atomic E-state index is 8.82. The topological polar surface area (TPSA) is 45.0 Å². The number of ether oxygens (including phenoxy) is 1. The molecule has 0 aliphatic heterocycles. The summed E-state index contributed by atoms with van der Waals surface area (Å²) in [7, 11) is 1.76. The van der Waals surface area contributed by atoms with Gasteiger partial charge in [-0.1, -0.05) is 6.07 Å². The van der Waals surface area contributed by atoms with Gasteiger partial charge in [-0.15, -0.1) is 0 Å². The van der Waals surface area contributed by atoms with E-state index in [4.69, 9.17) is 10.00 Å². The third-order valence-electron chi connectivity index (χ3n) is 3.10. The number of nitriles is 1. The summed E-state index contributed by atoms with van der Waals surface area (Å²) in [5, 5.41) is 12.3. The molecule has 0 amide bonds. The van der Waals surface area contributed by atoms with Crippen molar-refractivity contribution < 1.29 is 4.74 Å². The van der Waals surface area contributed by atoms with Crippen LogP contribution in [0.1, 0.15) is 24.8 Å². The van der Waals surface area contributed by atoms with Crippen LogP contribution in [0.15, 0.2) is 24.3 Å². The molecule has 2 unspecified atom stereocenters. The summed E-state index contributed by atoms with van der Waals surface area (Å²) in [6.07, 6.45) is 3.75. The smallest absolute Gasteiger partial charge is 0.0992 e. The average Bonchev–Trinajstić information content (AvgIpc) is 2.76. The fourth-order valence-corrected chi connectivity index (χ4v) is 2.27. The minimum Gasteiger partial charge on any atom is -0.380 e. The lowest BCUT2D eigenvalue weighted by Gasteiger charge is -2.20. The van der Waals surface area contributed by atoms with Crippen LogP contribution >= 0.6 is 0 Å². The van der Waals surface area contributed by atoms with Crippen molar-refractivity contribution in [1.29, 1.82) is 5.26 Å². The number of nitrogens with one attached hydrogen (secondary N) is 1. The van der Waals surface area contributed by atoms with E-state index in [1.165, 1.54) is 6.42 Å². The molecule has 0 bridgehead atoms. The predicted molar refractivity (Wildman–Crippen MR) is 63.2 cm³/mol. The zero-order valence-corrected chi connectivity index (χ0v) is 9.44. The second kappa shape index (κ2) is 5.00. The van der Waals surface area contributed by atoms with Crippen LogP contribution in [0.5, 0.6) is 0 Å². The van der Waals surface area contributed by atoms with Crippen molar-refractivity contribution in [1.82, 2.24) is 0 Å². The molecule has 1 saturated carbocycles. The molecule has 1 aromatic carbocycles. The first-order valence-electron chi connectivity index (χ1n) is 5.63. The molecule has 1 aliphatic carbocycles. The van der Waals surface area contributed by atoms with E-state index in [1.807, 2.05) is 24.3 Å². The number of benzene rings is 1. The van der Waals surface area contributed by atoms with Gasteiger partial charge in [0.15, 0.2) is 0 Å². The predicted octanol–water partition coefficient (Wildman–Crippen LogP) is 2.54. The summed E-state index contributed by atoms with van der Waals surface area (Å²) < 4.78 is 5.43. The fourth-order valence-electron chi connectivity index (χ4n) is 2.27. The first-order valence-corrected chi connectivity index (χ1v) is 5.63. The van der Waals surface area contributed by atoms with E-state index in [1.54, 1.807) is 7.11 Å². The van der Waals surface area contributed by atoms with Crippen molar-refractivity contribution in [3.63, 3.8) is 0 Å². The number of methoxy groups -OCH3 is 1. The van der Waals surface area contributed by atoms with Crippen LogP contribution in [-0.4, -0.2) is 19.3 Å². The molecule has 84 valence electrons. The molecule has 1 aromatic rings. The van der Waals surface area contributed by atoms with Crippen LogP contribution < -0.4 is 5.32 Å². The Kier molecular flexibility index (Phi) is 3.43. The molecule has 1 fully saturated rings. The Morgan fingerprint density at radius 3 is 3.06 bits per heavy atom. The highest BCUT2D eigenvalue weighted by Gasteiger charge is 2.26. The maximum Gasteiger partial charge on any atom is 0.0992 e. The second-order valence-corrected chi connectivity index (χ2v) is 4.15. The van der Waals surface area contributed by atoms with Gasteiger partial charge in [-0.25, -0.2) is 0 Å². The normalized spacial score (nSPS) is 24.0. The highest BCUT2D eigenvalue weighted by molar-refractivity contribution is 5.50. The summed E-state index contributed by atoms with van der Waals surface area (Å²) in [4.78, 5) is 0. The largest absolute Gasteiger partial charge is 0.380 e. The number of hydrogen-bond acceptors (Lipinski definition) is 3. The highest BCUT2D eigenvalue weighted by Crippen LogP contribution is 2.25. The Morgan fingerprint density at radius 1 is 1.44 bits per heavy atom. The number of hydrogen-bond donors (Lipinski definition) is 1. The summed E-state index contributed by atoms with van der Waals surface area (Å²) in [5.41, 5.74) is 1.70. The average molecular weight is 216 g/mol. The molecule has 0 aromatic heterocycles. The van der Waals surface area contributed by atoms with E-state index < -0.39 is 0 Å². The molecule has 2 rings (SSSR count). The van der Waals surface area contributed by atoms with Gasteiger partial charge in [0.05, 0.1) is 23.8 Å². The molecule has 3 nitrogen and oxygen atoms in total. The van der Waals surface area contributed by atoms with Crippen molar-refractivity contribution in [3.05, 3.63) is 29.8 Å². The molecule has 1 aliphatic rings. The van der Waals surface area contributed by atoms with Gasteiger partial charge in [-0.3, -0.25) is 0 Å². The third-order valence-corrected chi connectivity index (χ3v) is 3.10. The van der Waals surface area contributed by atoms with Crippen molar-refractivity contribution in [2.45, 2.75) is 31.4 Å². The number of anilines is 1. The summed E-state index contributed by atoms with van der Waals surface area (Å²) in [6, 6.07) is 10.1. The summed E-state index contributed by atoms with van der Waals surface area (Å²) >= 11 is 0. The van der Waals surface area contributed by atoms with E-state index in [0.717, 1.165) is 18.5 Å². The van der Waals surface area contributed by atoms with E-state index in [0.29, 0.717) is 17.7 Å². The number of rotatable bonds is 3. The Morgan fingerprint density at radius 2 is 2.31 bits per heavy atom. The Bertz CT molecular complexity index is 397. The molecular formula is C13H16N2O. The SMILES string of the molecule is COC1CCCC1Nc1cccc(C#N)c1. The minimum absolute atomic E-state index is 0.297.